The highest BCUT2D eigenvalue weighted by Crippen LogP contribution is 2.18. The van der Waals surface area contributed by atoms with Crippen LogP contribution in [-0.2, 0) is 12.8 Å². The first-order valence-electron chi connectivity index (χ1n) is 8.70. The molecular weight excluding hydrogens is 328 g/mol. The molecule has 0 atom stereocenters. The second-order valence-electron chi connectivity index (χ2n) is 6.42. The zero-order valence-corrected chi connectivity index (χ0v) is 14.8. The summed E-state index contributed by atoms with van der Waals surface area (Å²) in [6.07, 6.45) is 5.02. The number of aryl methyl sites for hydroxylation is 2. The summed E-state index contributed by atoms with van der Waals surface area (Å²) in [6.45, 7) is 5.81. The molecule has 1 saturated heterocycles. The van der Waals surface area contributed by atoms with Crippen molar-refractivity contribution in [3.63, 3.8) is 0 Å². The maximum Gasteiger partial charge on any atom is 0.261 e. The van der Waals surface area contributed by atoms with Crippen LogP contribution in [0.2, 0.25) is 0 Å². The van der Waals surface area contributed by atoms with Crippen molar-refractivity contribution in [2.75, 3.05) is 39.3 Å². The molecule has 6 nitrogen and oxygen atoms in total. The Hall–Kier alpha value is -1.37. The van der Waals surface area contributed by atoms with E-state index in [0.717, 1.165) is 76.1 Å². The van der Waals surface area contributed by atoms with Crippen LogP contribution in [0, 0.1) is 0 Å². The predicted molar refractivity (Wildman–Crippen MR) is 97.2 cm³/mol. The van der Waals surface area contributed by atoms with Crippen LogP contribution in [0.5, 0.6) is 0 Å². The molecule has 0 spiro atoms. The summed E-state index contributed by atoms with van der Waals surface area (Å²) >= 11 is 0. The van der Waals surface area contributed by atoms with Gasteiger partial charge in [0.05, 0.1) is 0 Å². The molecule has 2 heterocycles. The van der Waals surface area contributed by atoms with Crippen molar-refractivity contribution in [3.05, 3.63) is 33.2 Å². The predicted octanol–water partition coefficient (Wildman–Crippen LogP) is 0.701. The number of aromatic nitrogens is 1. The number of fused-ring (bicyclic) bond motifs is 1. The van der Waals surface area contributed by atoms with Gasteiger partial charge in [-0.25, -0.2) is 0 Å². The Morgan fingerprint density at radius 1 is 1.21 bits per heavy atom. The number of carbonyl (C=O) groups is 1. The number of aromatic amines is 1. The van der Waals surface area contributed by atoms with Crippen molar-refractivity contribution in [2.24, 2.45) is 0 Å². The minimum absolute atomic E-state index is 0. The summed E-state index contributed by atoms with van der Waals surface area (Å²) < 4.78 is 0. The molecule has 1 aromatic rings. The van der Waals surface area contributed by atoms with E-state index in [1.165, 1.54) is 0 Å². The van der Waals surface area contributed by atoms with Gasteiger partial charge in [-0.05, 0) is 50.3 Å². The third-order valence-electron chi connectivity index (χ3n) is 4.73. The number of nitrogens with one attached hydrogen (secondary N) is 3. The van der Waals surface area contributed by atoms with Gasteiger partial charge in [-0.2, -0.15) is 0 Å². The van der Waals surface area contributed by atoms with E-state index in [9.17, 15) is 9.59 Å². The Kier molecular flexibility index (Phi) is 7.27. The van der Waals surface area contributed by atoms with Crippen molar-refractivity contribution in [3.8, 4) is 0 Å². The number of halogens is 1. The fraction of sp³-hybridized carbons (Fsp3) is 0.647. The zero-order valence-electron chi connectivity index (χ0n) is 14.0. The van der Waals surface area contributed by atoms with E-state index in [1.54, 1.807) is 6.07 Å². The van der Waals surface area contributed by atoms with Crippen molar-refractivity contribution in [1.29, 1.82) is 0 Å². The van der Waals surface area contributed by atoms with Crippen LogP contribution >= 0.6 is 12.4 Å². The smallest absolute Gasteiger partial charge is 0.261 e. The number of carbonyl (C=O) groups excluding carboxylic acids is 1. The number of H-pyrrole nitrogens is 1. The van der Waals surface area contributed by atoms with E-state index < -0.39 is 0 Å². The first kappa shape index (κ1) is 19.0. The summed E-state index contributed by atoms with van der Waals surface area (Å²) in [5, 5.41) is 6.21. The molecule has 1 fully saturated rings. The molecular formula is C17H27ClN4O2. The Morgan fingerprint density at radius 2 is 1.96 bits per heavy atom. The summed E-state index contributed by atoms with van der Waals surface area (Å²) in [6, 6.07) is 1.79. The van der Waals surface area contributed by atoms with E-state index >= 15 is 0 Å². The Balaban J connectivity index is 0.00000208. The van der Waals surface area contributed by atoms with Crippen LogP contribution in [0.15, 0.2) is 10.9 Å². The highest BCUT2D eigenvalue weighted by Gasteiger charge is 2.17. The Bertz CT molecular complexity index is 611. The molecule has 1 aromatic heterocycles. The normalized spacial score (nSPS) is 17.7. The van der Waals surface area contributed by atoms with Gasteiger partial charge in [0.1, 0.15) is 5.56 Å². The maximum atomic E-state index is 12.2. The minimum atomic E-state index is -0.259. The topological polar surface area (TPSA) is 77.2 Å². The van der Waals surface area contributed by atoms with Gasteiger partial charge >= 0.3 is 0 Å². The maximum absolute atomic E-state index is 12.2. The SMILES string of the molecule is Cl.O=C(NCCCN1CCNCC1)c1cc2c([nH]c1=O)CCCC2. The zero-order chi connectivity index (χ0) is 16.1. The number of hydrogen-bond donors (Lipinski definition) is 3. The van der Waals surface area contributed by atoms with Gasteiger partial charge in [-0.15, -0.1) is 12.4 Å². The van der Waals surface area contributed by atoms with Crippen molar-refractivity contribution < 1.29 is 4.79 Å². The number of piperazine rings is 1. The van der Waals surface area contributed by atoms with Crippen molar-refractivity contribution in [2.45, 2.75) is 32.1 Å². The largest absolute Gasteiger partial charge is 0.352 e. The van der Waals surface area contributed by atoms with Crippen LogP contribution in [0.4, 0.5) is 0 Å². The third kappa shape index (κ3) is 4.82. The lowest BCUT2D eigenvalue weighted by molar-refractivity contribution is 0.0949. The molecule has 0 bridgehead atoms. The molecule has 0 aromatic carbocycles. The number of hydrogen-bond acceptors (Lipinski definition) is 4. The van der Waals surface area contributed by atoms with Gasteiger partial charge in [-0.1, -0.05) is 0 Å². The summed E-state index contributed by atoms with van der Waals surface area (Å²) in [5.74, 6) is -0.250. The fourth-order valence-corrected chi connectivity index (χ4v) is 3.38. The molecule has 7 heteroatoms. The van der Waals surface area contributed by atoms with E-state index in [4.69, 9.17) is 0 Å². The lowest BCUT2D eigenvalue weighted by Gasteiger charge is -2.27. The average Bonchev–Trinajstić information content (AvgIpc) is 2.59. The summed E-state index contributed by atoms with van der Waals surface area (Å²) in [5.41, 5.74) is 2.14. The fourth-order valence-electron chi connectivity index (χ4n) is 3.38. The molecule has 3 N–H and O–H groups in total. The van der Waals surface area contributed by atoms with E-state index in [-0.39, 0.29) is 29.4 Å². The van der Waals surface area contributed by atoms with Crippen LogP contribution in [0.25, 0.3) is 0 Å². The van der Waals surface area contributed by atoms with Gasteiger partial charge in [0, 0.05) is 38.4 Å². The van der Waals surface area contributed by atoms with Gasteiger partial charge < -0.3 is 20.5 Å². The number of rotatable bonds is 5. The molecule has 2 aliphatic rings. The lowest BCUT2D eigenvalue weighted by atomic mass is 9.95. The van der Waals surface area contributed by atoms with Crippen LogP contribution in [0.3, 0.4) is 0 Å². The van der Waals surface area contributed by atoms with E-state index in [2.05, 4.69) is 20.5 Å². The first-order chi connectivity index (χ1) is 11.2. The quantitative estimate of drug-likeness (QED) is 0.680. The van der Waals surface area contributed by atoms with E-state index in [1.807, 2.05) is 0 Å². The van der Waals surface area contributed by atoms with Crippen LogP contribution in [0.1, 0.15) is 40.9 Å². The van der Waals surface area contributed by atoms with Gasteiger partial charge in [0.2, 0.25) is 0 Å². The highest BCUT2D eigenvalue weighted by molar-refractivity contribution is 5.94. The van der Waals surface area contributed by atoms with Crippen LogP contribution < -0.4 is 16.2 Å². The van der Waals surface area contributed by atoms with Gasteiger partial charge in [0.15, 0.2) is 0 Å². The Morgan fingerprint density at radius 3 is 2.75 bits per heavy atom. The second kappa shape index (κ2) is 9.20. The van der Waals surface area contributed by atoms with Gasteiger partial charge in [-0.3, -0.25) is 9.59 Å². The molecule has 0 radical (unpaired) electrons. The van der Waals surface area contributed by atoms with Crippen LogP contribution in [-0.4, -0.2) is 55.1 Å². The molecule has 0 saturated carbocycles. The molecule has 0 unspecified atom stereocenters. The molecule has 1 aliphatic heterocycles. The third-order valence-corrected chi connectivity index (χ3v) is 4.73. The highest BCUT2D eigenvalue weighted by atomic mass is 35.5. The van der Waals surface area contributed by atoms with Crippen molar-refractivity contribution >= 4 is 18.3 Å². The van der Waals surface area contributed by atoms with Gasteiger partial charge in [0.25, 0.3) is 11.5 Å². The molecule has 24 heavy (non-hydrogen) atoms. The molecule has 134 valence electrons. The second-order valence-corrected chi connectivity index (χ2v) is 6.42. The standard InChI is InChI=1S/C17H26N4O2.ClH/c22-16(19-6-3-9-21-10-7-18-8-11-21)14-12-13-4-1-2-5-15(13)20-17(14)23;/h12,18H,1-11H2,(H,19,22)(H,20,23);1H. The lowest BCUT2D eigenvalue weighted by Crippen LogP contribution is -2.44. The summed E-state index contributed by atoms with van der Waals surface area (Å²) in [7, 11) is 0. The van der Waals surface area contributed by atoms with Crippen molar-refractivity contribution in [1.82, 2.24) is 20.5 Å². The monoisotopic (exact) mass is 354 g/mol. The molecule has 1 amide bonds. The Labute approximate surface area is 148 Å². The number of pyridine rings is 1. The first-order valence-corrected chi connectivity index (χ1v) is 8.70. The summed E-state index contributed by atoms with van der Waals surface area (Å²) in [4.78, 5) is 29.6. The minimum Gasteiger partial charge on any atom is -0.352 e. The number of amides is 1. The molecule has 1 aliphatic carbocycles. The van der Waals surface area contributed by atoms with E-state index in [0.29, 0.717) is 6.54 Å². The molecule has 3 rings (SSSR count). The number of nitrogens with zero attached hydrogens (tertiary/aromatic N) is 1. The average molecular weight is 355 g/mol.